The molecule has 2 N–H and O–H groups in total. The largest absolute Gasteiger partial charge is 0.382 e. The molecule has 1 aromatic carbocycles. The molecule has 2 heterocycles. The van der Waals surface area contributed by atoms with Crippen molar-refractivity contribution < 1.29 is 9.59 Å². The number of nitrogens with zero attached hydrogens (tertiary/aromatic N) is 2. The van der Waals surface area contributed by atoms with Crippen molar-refractivity contribution in [2.45, 2.75) is 12.3 Å². The molecule has 1 aliphatic rings. The number of pyridine rings is 1. The van der Waals surface area contributed by atoms with Gasteiger partial charge in [-0.25, -0.2) is 0 Å². The van der Waals surface area contributed by atoms with Crippen LogP contribution in [0.25, 0.3) is 0 Å². The molecule has 0 radical (unpaired) electrons. The van der Waals surface area contributed by atoms with E-state index >= 15 is 0 Å². The highest BCUT2D eigenvalue weighted by Crippen LogP contribution is 2.27. The normalized spacial score (nSPS) is 16.7. The van der Waals surface area contributed by atoms with E-state index in [9.17, 15) is 9.59 Å². The van der Waals surface area contributed by atoms with E-state index in [4.69, 9.17) is 0 Å². The van der Waals surface area contributed by atoms with Crippen LogP contribution in [0.4, 0.5) is 5.69 Å². The zero-order chi connectivity index (χ0) is 17.5. The second-order valence-corrected chi connectivity index (χ2v) is 6.10. The predicted octanol–water partition coefficient (Wildman–Crippen LogP) is 1.63. The average Bonchev–Trinajstić information content (AvgIpc) is 3.01. The van der Waals surface area contributed by atoms with Crippen LogP contribution in [-0.2, 0) is 9.59 Å². The van der Waals surface area contributed by atoms with Crippen LogP contribution < -0.4 is 10.6 Å². The fraction of sp³-hybridized carbons (Fsp3) is 0.316. The lowest BCUT2D eigenvalue weighted by Crippen LogP contribution is -2.39. The number of carbonyl (C=O) groups is 2. The lowest BCUT2D eigenvalue weighted by atomic mass is 9.99. The molecule has 6 nitrogen and oxygen atoms in total. The van der Waals surface area contributed by atoms with Crippen LogP contribution in [0.5, 0.6) is 0 Å². The molecule has 0 saturated carbocycles. The Balaban J connectivity index is 1.40. The van der Waals surface area contributed by atoms with Gasteiger partial charge in [0.2, 0.25) is 11.8 Å². The molecule has 130 valence electrons. The van der Waals surface area contributed by atoms with Crippen molar-refractivity contribution in [3.8, 4) is 0 Å². The van der Waals surface area contributed by atoms with Gasteiger partial charge in [-0.3, -0.25) is 14.6 Å². The van der Waals surface area contributed by atoms with Crippen molar-refractivity contribution in [1.82, 2.24) is 15.2 Å². The quantitative estimate of drug-likeness (QED) is 0.753. The molecule has 1 atom stereocenters. The highest BCUT2D eigenvalue weighted by molar-refractivity contribution is 5.86. The first-order valence-corrected chi connectivity index (χ1v) is 8.45. The topological polar surface area (TPSA) is 74.3 Å². The summed E-state index contributed by atoms with van der Waals surface area (Å²) in [5, 5.41) is 6.01. The number of rotatable bonds is 7. The van der Waals surface area contributed by atoms with Gasteiger partial charge in [-0.1, -0.05) is 30.3 Å². The Morgan fingerprint density at radius 3 is 2.76 bits per heavy atom. The van der Waals surface area contributed by atoms with Gasteiger partial charge in [-0.2, -0.15) is 0 Å². The number of likely N-dealkylation sites (tertiary alicyclic amines) is 1. The van der Waals surface area contributed by atoms with E-state index < -0.39 is 0 Å². The standard InChI is InChI=1S/C19H22N4O2/c24-18(22-10-9-21-17-7-4-8-20-12-17)14-23-13-16(11-19(23)25)15-5-2-1-3-6-15/h1-8,12,16,21H,9-11,13-14H2,(H,22,24)/t16-/m1/s1. The van der Waals surface area contributed by atoms with Crippen molar-refractivity contribution in [2.75, 3.05) is 31.5 Å². The molecule has 1 saturated heterocycles. The van der Waals surface area contributed by atoms with E-state index in [0.29, 0.717) is 26.1 Å². The van der Waals surface area contributed by atoms with Gasteiger partial charge in [0, 0.05) is 44.4 Å². The maximum absolute atomic E-state index is 12.1. The van der Waals surface area contributed by atoms with Crippen molar-refractivity contribution in [2.24, 2.45) is 0 Å². The summed E-state index contributed by atoms with van der Waals surface area (Å²) >= 11 is 0. The molecule has 3 rings (SSSR count). The smallest absolute Gasteiger partial charge is 0.239 e. The van der Waals surface area contributed by atoms with Crippen molar-refractivity contribution in [1.29, 1.82) is 0 Å². The maximum atomic E-state index is 12.1. The lowest BCUT2D eigenvalue weighted by molar-refractivity contribution is -0.133. The molecule has 2 aromatic rings. The average molecular weight is 338 g/mol. The Bertz CT molecular complexity index is 706. The number of benzene rings is 1. The summed E-state index contributed by atoms with van der Waals surface area (Å²) in [5.74, 6) is 0.0845. The van der Waals surface area contributed by atoms with E-state index in [2.05, 4.69) is 15.6 Å². The van der Waals surface area contributed by atoms with Gasteiger partial charge in [0.1, 0.15) is 0 Å². The zero-order valence-corrected chi connectivity index (χ0v) is 14.0. The fourth-order valence-electron chi connectivity index (χ4n) is 2.98. The minimum atomic E-state index is -0.130. The summed E-state index contributed by atoms with van der Waals surface area (Å²) < 4.78 is 0. The van der Waals surface area contributed by atoms with Gasteiger partial charge in [0.05, 0.1) is 12.2 Å². The van der Waals surface area contributed by atoms with Crippen LogP contribution >= 0.6 is 0 Å². The number of hydrogen-bond donors (Lipinski definition) is 2. The van der Waals surface area contributed by atoms with Gasteiger partial charge in [-0.15, -0.1) is 0 Å². The molecule has 1 aliphatic heterocycles. The van der Waals surface area contributed by atoms with Crippen LogP contribution in [0.3, 0.4) is 0 Å². The number of carbonyl (C=O) groups excluding carboxylic acids is 2. The van der Waals surface area contributed by atoms with E-state index in [0.717, 1.165) is 11.3 Å². The minimum absolute atomic E-state index is 0.0393. The summed E-state index contributed by atoms with van der Waals surface area (Å²) in [6.45, 7) is 1.83. The zero-order valence-electron chi connectivity index (χ0n) is 14.0. The van der Waals surface area contributed by atoms with Crippen LogP contribution in [0.1, 0.15) is 17.9 Å². The second-order valence-electron chi connectivity index (χ2n) is 6.10. The Kier molecular flexibility index (Phi) is 5.61. The molecule has 0 unspecified atom stereocenters. The third kappa shape index (κ3) is 4.79. The number of hydrogen-bond acceptors (Lipinski definition) is 4. The monoisotopic (exact) mass is 338 g/mol. The van der Waals surface area contributed by atoms with Gasteiger partial charge in [0.15, 0.2) is 0 Å². The van der Waals surface area contributed by atoms with E-state index in [1.165, 1.54) is 0 Å². The van der Waals surface area contributed by atoms with Gasteiger partial charge < -0.3 is 15.5 Å². The van der Waals surface area contributed by atoms with E-state index in [1.807, 2.05) is 42.5 Å². The Morgan fingerprint density at radius 1 is 1.16 bits per heavy atom. The number of anilines is 1. The van der Waals surface area contributed by atoms with E-state index in [1.54, 1.807) is 17.3 Å². The number of aromatic nitrogens is 1. The first-order chi connectivity index (χ1) is 12.2. The van der Waals surface area contributed by atoms with Gasteiger partial charge >= 0.3 is 0 Å². The molecule has 0 spiro atoms. The molecule has 0 bridgehead atoms. The third-order valence-corrected chi connectivity index (χ3v) is 4.26. The maximum Gasteiger partial charge on any atom is 0.239 e. The molecule has 0 aliphatic carbocycles. The van der Waals surface area contributed by atoms with Crippen molar-refractivity contribution in [3.05, 3.63) is 60.4 Å². The summed E-state index contributed by atoms with van der Waals surface area (Å²) in [6, 6.07) is 13.8. The van der Waals surface area contributed by atoms with Crippen LogP contribution in [0, 0.1) is 0 Å². The lowest BCUT2D eigenvalue weighted by Gasteiger charge is -2.16. The molecule has 1 fully saturated rings. The highest BCUT2D eigenvalue weighted by Gasteiger charge is 2.31. The molecule has 2 amide bonds. The first-order valence-electron chi connectivity index (χ1n) is 8.45. The molecule has 6 heteroatoms. The van der Waals surface area contributed by atoms with Crippen molar-refractivity contribution >= 4 is 17.5 Å². The predicted molar refractivity (Wildman–Crippen MR) is 96.1 cm³/mol. The van der Waals surface area contributed by atoms with Crippen LogP contribution in [-0.4, -0.2) is 47.9 Å². The van der Waals surface area contributed by atoms with Gasteiger partial charge in [-0.05, 0) is 17.7 Å². The minimum Gasteiger partial charge on any atom is -0.382 e. The summed E-state index contributed by atoms with van der Waals surface area (Å²) in [5.41, 5.74) is 2.07. The van der Waals surface area contributed by atoms with Crippen LogP contribution in [0.15, 0.2) is 54.9 Å². The Labute approximate surface area is 147 Å². The fourth-order valence-corrected chi connectivity index (χ4v) is 2.98. The van der Waals surface area contributed by atoms with Gasteiger partial charge in [0.25, 0.3) is 0 Å². The second kappa shape index (κ2) is 8.28. The highest BCUT2D eigenvalue weighted by atomic mass is 16.2. The number of nitrogens with one attached hydrogen (secondary N) is 2. The molecule has 1 aromatic heterocycles. The molecular weight excluding hydrogens is 316 g/mol. The molecular formula is C19H22N4O2. The SMILES string of the molecule is O=C(CN1C[C@H](c2ccccc2)CC1=O)NCCNc1cccnc1. The summed E-state index contributed by atoms with van der Waals surface area (Å²) in [4.78, 5) is 29.8. The summed E-state index contributed by atoms with van der Waals surface area (Å²) in [7, 11) is 0. The Morgan fingerprint density at radius 2 is 2.00 bits per heavy atom. The first kappa shape index (κ1) is 17.0. The van der Waals surface area contributed by atoms with Crippen molar-refractivity contribution in [3.63, 3.8) is 0 Å². The third-order valence-electron chi connectivity index (χ3n) is 4.26. The van der Waals surface area contributed by atoms with Crippen LogP contribution in [0.2, 0.25) is 0 Å². The molecule has 25 heavy (non-hydrogen) atoms. The Hall–Kier alpha value is -2.89. The van der Waals surface area contributed by atoms with E-state index in [-0.39, 0.29) is 24.3 Å². The summed E-state index contributed by atoms with van der Waals surface area (Å²) in [6.07, 6.45) is 3.91. The number of amides is 2.